The van der Waals surface area contributed by atoms with Crippen molar-refractivity contribution >= 4 is 6.08 Å². The van der Waals surface area contributed by atoms with Crippen molar-refractivity contribution in [3.05, 3.63) is 63.2 Å². The number of allylic oxidation sites excluding steroid dienone is 1. The Morgan fingerprint density at radius 1 is 0.875 bits per heavy atom. The molecule has 1 atom stereocenters. The van der Waals surface area contributed by atoms with E-state index in [4.69, 9.17) is 0 Å². The van der Waals surface area contributed by atoms with Gasteiger partial charge in [-0.25, -0.2) is 0 Å². The van der Waals surface area contributed by atoms with Gasteiger partial charge in [-0.2, -0.15) is 0 Å². The van der Waals surface area contributed by atoms with E-state index in [1.165, 1.54) is 52.7 Å². The summed E-state index contributed by atoms with van der Waals surface area (Å²) in [5, 5.41) is 0. The van der Waals surface area contributed by atoms with Gasteiger partial charge in [0.25, 0.3) is 0 Å². The second-order valence-corrected chi connectivity index (χ2v) is 7.23. The Bertz CT molecular complexity index is 785. The maximum Gasteiger partial charge on any atom is 0.00266 e. The molecule has 126 valence electrons. The average Bonchev–Trinajstić information content (AvgIpc) is 3.12. The van der Waals surface area contributed by atoms with Crippen molar-refractivity contribution in [3.8, 4) is 11.1 Å². The van der Waals surface area contributed by atoms with Gasteiger partial charge in [0.2, 0.25) is 0 Å². The minimum atomic E-state index is 0.575. The molecule has 1 unspecified atom stereocenters. The summed E-state index contributed by atoms with van der Waals surface area (Å²) < 4.78 is 0. The summed E-state index contributed by atoms with van der Waals surface area (Å²) in [6.07, 6.45) is 6.25. The molecule has 0 N–H and O–H groups in total. The van der Waals surface area contributed by atoms with Crippen LogP contribution in [-0.2, 0) is 12.8 Å². The second kappa shape index (κ2) is 6.59. The Labute approximate surface area is 147 Å². The quantitative estimate of drug-likeness (QED) is 0.530. The number of fused-ring (bicyclic) bond motifs is 2. The minimum Gasteiger partial charge on any atom is -0.0683 e. The third kappa shape index (κ3) is 2.73. The van der Waals surface area contributed by atoms with Crippen LogP contribution in [0.2, 0.25) is 0 Å². The highest BCUT2D eigenvalue weighted by Crippen LogP contribution is 2.46. The van der Waals surface area contributed by atoms with Gasteiger partial charge in [0, 0.05) is 5.92 Å². The molecule has 0 nitrogen and oxygen atoms in total. The van der Waals surface area contributed by atoms with E-state index in [0.29, 0.717) is 5.92 Å². The lowest BCUT2D eigenvalue weighted by molar-refractivity contribution is 0.904. The molecule has 0 saturated carbocycles. The van der Waals surface area contributed by atoms with Crippen LogP contribution < -0.4 is 0 Å². The first-order chi connectivity index (χ1) is 11.5. The average molecular weight is 319 g/mol. The Morgan fingerprint density at radius 2 is 1.54 bits per heavy atom. The molecule has 0 spiro atoms. The lowest BCUT2D eigenvalue weighted by Gasteiger charge is -2.17. The van der Waals surface area contributed by atoms with Crippen LogP contribution in [0.25, 0.3) is 17.2 Å². The summed E-state index contributed by atoms with van der Waals surface area (Å²) in [6, 6.07) is 9.51. The highest BCUT2D eigenvalue weighted by Gasteiger charge is 2.27. The number of aryl methyl sites for hydroxylation is 3. The van der Waals surface area contributed by atoms with Crippen molar-refractivity contribution in [2.24, 2.45) is 0 Å². The van der Waals surface area contributed by atoms with Gasteiger partial charge in [0.15, 0.2) is 0 Å². The van der Waals surface area contributed by atoms with Crippen LogP contribution in [-0.4, -0.2) is 0 Å². The fourth-order valence-electron chi connectivity index (χ4n) is 4.34. The van der Waals surface area contributed by atoms with Gasteiger partial charge in [0.05, 0.1) is 0 Å². The van der Waals surface area contributed by atoms with Crippen LogP contribution in [0.5, 0.6) is 0 Å². The third-order valence-corrected chi connectivity index (χ3v) is 5.50. The van der Waals surface area contributed by atoms with Crippen molar-refractivity contribution in [1.29, 1.82) is 0 Å². The van der Waals surface area contributed by atoms with E-state index in [1.807, 2.05) is 13.8 Å². The highest BCUT2D eigenvalue weighted by molar-refractivity contribution is 5.85. The van der Waals surface area contributed by atoms with Crippen molar-refractivity contribution in [1.82, 2.24) is 0 Å². The summed E-state index contributed by atoms with van der Waals surface area (Å²) in [4.78, 5) is 0. The maximum absolute atomic E-state index is 2.50. The normalized spacial score (nSPS) is 17.8. The fraction of sp³-hybridized carbons (Fsp3) is 0.417. The first kappa shape index (κ1) is 17.0. The Balaban J connectivity index is 0.000000815. The molecule has 2 aliphatic carbocycles. The Hall–Kier alpha value is -1.82. The molecule has 0 saturated heterocycles. The zero-order valence-corrected chi connectivity index (χ0v) is 16.1. The molecular weight excluding hydrogens is 288 g/mol. The summed E-state index contributed by atoms with van der Waals surface area (Å²) in [7, 11) is 0. The number of hydrogen-bond acceptors (Lipinski definition) is 0. The van der Waals surface area contributed by atoms with Crippen LogP contribution in [0.3, 0.4) is 0 Å². The van der Waals surface area contributed by atoms with Crippen LogP contribution in [0.1, 0.15) is 73.4 Å². The molecule has 24 heavy (non-hydrogen) atoms. The predicted octanol–water partition coefficient (Wildman–Crippen LogP) is 7.01. The van der Waals surface area contributed by atoms with Crippen LogP contribution in [0, 0.1) is 13.8 Å². The van der Waals surface area contributed by atoms with E-state index in [-0.39, 0.29) is 0 Å². The summed E-state index contributed by atoms with van der Waals surface area (Å²) in [5.41, 5.74) is 13.4. The first-order valence-electron chi connectivity index (χ1n) is 9.50. The molecule has 4 rings (SSSR count). The van der Waals surface area contributed by atoms with Crippen molar-refractivity contribution < 1.29 is 0 Å². The molecule has 2 aliphatic rings. The zero-order chi connectivity index (χ0) is 17.4. The standard InChI is InChI=1S/C22H24.C2H6/c1-13-8-14(2)10-18(9-13)22-19-7-5-6-17(19)12-20-16(4)15(3)11-21(20)22;1-2/h8-12,16H,5-7H2,1-4H3;1-2H3. The summed E-state index contributed by atoms with van der Waals surface area (Å²) in [6.45, 7) is 13.1. The van der Waals surface area contributed by atoms with E-state index < -0.39 is 0 Å². The molecular formula is C24H30. The minimum absolute atomic E-state index is 0.575. The van der Waals surface area contributed by atoms with Gasteiger partial charge in [-0.05, 0) is 73.4 Å². The van der Waals surface area contributed by atoms with E-state index in [1.54, 1.807) is 16.7 Å². The second-order valence-electron chi connectivity index (χ2n) is 7.23. The van der Waals surface area contributed by atoms with Crippen LogP contribution >= 0.6 is 0 Å². The van der Waals surface area contributed by atoms with Crippen molar-refractivity contribution in [3.63, 3.8) is 0 Å². The SMILES string of the molecule is CC.CC1=Cc2c(cc3c(c2-c2cc(C)cc(C)c2)CCC3)C1C. The maximum atomic E-state index is 2.50. The number of hydrogen-bond donors (Lipinski definition) is 0. The lowest BCUT2D eigenvalue weighted by atomic mass is 9.86. The molecule has 0 fully saturated rings. The molecule has 2 aromatic carbocycles. The van der Waals surface area contributed by atoms with E-state index in [2.05, 4.69) is 58.0 Å². The molecule has 0 amide bonds. The van der Waals surface area contributed by atoms with Gasteiger partial charge in [-0.15, -0.1) is 0 Å². The largest absolute Gasteiger partial charge is 0.0683 e. The van der Waals surface area contributed by atoms with Gasteiger partial charge in [-0.1, -0.05) is 67.8 Å². The molecule has 0 radical (unpaired) electrons. The predicted molar refractivity (Wildman–Crippen MR) is 107 cm³/mol. The lowest BCUT2D eigenvalue weighted by Crippen LogP contribution is -1.99. The number of rotatable bonds is 1. The molecule has 2 aromatic rings. The van der Waals surface area contributed by atoms with Gasteiger partial charge in [-0.3, -0.25) is 0 Å². The topological polar surface area (TPSA) is 0 Å². The monoisotopic (exact) mass is 318 g/mol. The van der Waals surface area contributed by atoms with E-state index in [9.17, 15) is 0 Å². The Kier molecular flexibility index (Phi) is 4.67. The fourth-order valence-corrected chi connectivity index (χ4v) is 4.34. The third-order valence-electron chi connectivity index (χ3n) is 5.50. The first-order valence-corrected chi connectivity index (χ1v) is 9.50. The molecule has 0 heterocycles. The molecule has 0 bridgehead atoms. The molecule has 0 aromatic heterocycles. The van der Waals surface area contributed by atoms with Crippen LogP contribution in [0.15, 0.2) is 29.8 Å². The van der Waals surface area contributed by atoms with Gasteiger partial charge in [0.1, 0.15) is 0 Å². The molecule has 0 aliphatic heterocycles. The summed E-state index contributed by atoms with van der Waals surface area (Å²) >= 11 is 0. The smallest absolute Gasteiger partial charge is 0.00266 e. The van der Waals surface area contributed by atoms with Gasteiger partial charge < -0.3 is 0 Å². The zero-order valence-electron chi connectivity index (χ0n) is 16.1. The van der Waals surface area contributed by atoms with E-state index in [0.717, 1.165) is 0 Å². The summed E-state index contributed by atoms with van der Waals surface area (Å²) in [5.74, 6) is 0.575. The van der Waals surface area contributed by atoms with E-state index >= 15 is 0 Å². The highest BCUT2D eigenvalue weighted by atomic mass is 14.3. The van der Waals surface area contributed by atoms with Crippen LogP contribution in [0.4, 0.5) is 0 Å². The van der Waals surface area contributed by atoms with Crippen molar-refractivity contribution in [2.75, 3.05) is 0 Å². The van der Waals surface area contributed by atoms with Crippen molar-refractivity contribution in [2.45, 2.75) is 66.7 Å². The number of benzene rings is 2. The Morgan fingerprint density at radius 3 is 2.21 bits per heavy atom. The van der Waals surface area contributed by atoms with Gasteiger partial charge >= 0.3 is 0 Å². The molecule has 0 heteroatoms.